The Bertz CT molecular complexity index is 1030. The molecule has 0 aliphatic carbocycles. The van der Waals surface area contributed by atoms with Gasteiger partial charge in [-0.1, -0.05) is 54.8 Å². The fourth-order valence-corrected chi connectivity index (χ4v) is 6.90. The van der Waals surface area contributed by atoms with Crippen LogP contribution in [0.1, 0.15) is 55.4 Å². The van der Waals surface area contributed by atoms with Crippen molar-refractivity contribution in [3.8, 4) is 0 Å². The molecular formula is C24H60F2N4O10S4+2. The van der Waals surface area contributed by atoms with Crippen molar-refractivity contribution in [3.05, 3.63) is 25.7 Å². The van der Waals surface area contributed by atoms with Crippen LogP contribution >= 0.6 is 0 Å². The van der Waals surface area contributed by atoms with Crippen molar-refractivity contribution in [2.45, 2.75) is 55.4 Å². The predicted octanol–water partition coefficient (Wildman–Crippen LogP) is 2.82. The quantitative estimate of drug-likeness (QED) is 0.131. The summed E-state index contributed by atoms with van der Waals surface area (Å²) >= 11 is 0. The lowest BCUT2D eigenvalue weighted by atomic mass is 10.4. The second kappa shape index (κ2) is 24.8. The number of nitrogens with one attached hydrogen (secondary N) is 2. The monoisotopic (exact) mass is 730 g/mol. The van der Waals surface area contributed by atoms with Crippen LogP contribution in [-0.2, 0) is 50.3 Å². The van der Waals surface area contributed by atoms with Crippen LogP contribution in [0.4, 0.5) is 7.77 Å². The topological polar surface area (TPSA) is 179 Å². The Balaban J connectivity index is -0.000000107. The Kier molecular flexibility index (Phi) is 31.0. The van der Waals surface area contributed by atoms with E-state index in [1.807, 2.05) is 0 Å². The largest absolute Gasteiger partial charge is 0.496 e. The Morgan fingerprint density at radius 2 is 0.864 bits per heavy atom. The summed E-state index contributed by atoms with van der Waals surface area (Å²) in [5, 5.41) is 0. The fourth-order valence-electron chi connectivity index (χ4n) is 3.75. The van der Waals surface area contributed by atoms with Crippen LogP contribution in [0, 0.1) is 0 Å². The van der Waals surface area contributed by atoms with Gasteiger partial charge < -0.3 is 18.4 Å². The van der Waals surface area contributed by atoms with Crippen LogP contribution in [0.25, 0.3) is 0 Å². The van der Waals surface area contributed by atoms with Crippen LogP contribution in [0.5, 0.6) is 0 Å². The van der Waals surface area contributed by atoms with Crippen LogP contribution in [0.3, 0.4) is 0 Å². The van der Waals surface area contributed by atoms with Gasteiger partial charge in [0.15, 0.2) is 0 Å². The van der Waals surface area contributed by atoms with Crippen LogP contribution in [0.15, 0.2) is 25.7 Å². The second-order valence-corrected chi connectivity index (χ2v) is 15.8. The first kappa shape index (κ1) is 55.0. The first-order valence-corrected chi connectivity index (χ1v) is 18.5. The molecule has 0 unspecified atom stereocenters. The standard InChI is InChI=1S/2C9H18NO.C2H7NO4S2.4CH4.F2HNO4S2/c2*1-3-11-9-8-10(2)6-4-5-7-10;1-8(4,5)3-9(2,6)7;;;;;1-8(4,5)3-9(2,6)7/h2*3H,1,4-9H2,2H3;3H,1-2H3;4*1H4;3H/q2*+1;;;;;;. The molecule has 2 saturated heterocycles. The van der Waals surface area contributed by atoms with Crippen molar-refractivity contribution < 1.29 is 59.9 Å². The molecule has 272 valence electrons. The summed E-state index contributed by atoms with van der Waals surface area (Å²) in [6.07, 6.45) is 10.1. The van der Waals surface area contributed by atoms with Crippen LogP contribution in [0.2, 0.25) is 0 Å². The fraction of sp³-hybridized carbons (Fsp3) is 0.833. The SMILES string of the molecule is C.C.C.C.C=COCC[N+]1(C)CCCC1.C=COCC[N+]1(C)CCCC1.CS(=O)(=O)NS(C)(=O)=O.O=S(=O)(F)NS(=O)(=O)F. The number of halogens is 2. The van der Waals surface area contributed by atoms with E-state index in [1.165, 1.54) is 77.5 Å². The molecule has 44 heavy (non-hydrogen) atoms. The third-order valence-electron chi connectivity index (χ3n) is 5.53. The van der Waals surface area contributed by atoms with Crippen molar-refractivity contribution in [2.75, 3.05) is 79.1 Å². The van der Waals surface area contributed by atoms with Gasteiger partial charge in [-0.2, -0.15) is 16.8 Å². The van der Waals surface area contributed by atoms with E-state index in [1.54, 1.807) is 0 Å². The molecule has 14 nitrogen and oxygen atoms in total. The van der Waals surface area contributed by atoms with Gasteiger partial charge in [-0.05, 0) is 0 Å². The van der Waals surface area contributed by atoms with Crippen molar-refractivity contribution >= 4 is 40.9 Å². The van der Waals surface area contributed by atoms with Gasteiger partial charge >= 0.3 is 20.8 Å². The zero-order chi connectivity index (χ0) is 31.7. The molecule has 0 spiro atoms. The molecule has 2 N–H and O–H groups in total. The molecule has 20 heteroatoms. The number of nitrogens with zero attached hydrogens (tertiary/aromatic N) is 2. The van der Waals surface area contributed by atoms with E-state index in [0.717, 1.165) is 38.8 Å². The molecule has 2 heterocycles. The Morgan fingerprint density at radius 3 is 1.00 bits per heavy atom. The molecule has 0 radical (unpaired) electrons. The van der Waals surface area contributed by atoms with Gasteiger partial charge in [0.1, 0.15) is 26.3 Å². The lowest BCUT2D eigenvalue weighted by molar-refractivity contribution is -0.897. The van der Waals surface area contributed by atoms with Gasteiger partial charge in [0.2, 0.25) is 20.0 Å². The summed E-state index contributed by atoms with van der Waals surface area (Å²) < 4.78 is 114. The van der Waals surface area contributed by atoms with E-state index >= 15 is 0 Å². The molecule has 0 aromatic rings. The van der Waals surface area contributed by atoms with E-state index in [4.69, 9.17) is 9.47 Å². The maximum atomic E-state index is 11.1. The minimum Gasteiger partial charge on any atom is -0.496 e. The molecular weight excluding hydrogens is 671 g/mol. The first-order valence-electron chi connectivity index (χ1n) is 11.9. The number of ether oxygens (including phenoxy) is 2. The maximum absolute atomic E-state index is 11.1. The van der Waals surface area contributed by atoms with E-state index in [-0.39, 0.29) is 33.8 Å². The number of likely N-dealkylation sites (tertiary alicyclic amines) is 2. The van der Waals surface area contributed by atoms with Crippen molar-refractivity contribution in [3.63, 3.8) is 0 Å². The zero-order valence-electron chi connectivity index (χ0n) is 23.4. The highest BCUT2D eigenvalue weighted by Gasteiger charge is 2.26. The third-order valence-corrected chi connectivity index (χ3v) is 9.54. The average Bonchev–Trinajstić information content (AvgIpc) is 3.33. The van der Waals surface area contributed by atoms with E-state index in [2.05, 4.69) is 27.3 Å². The number of likely N-dealkylation sites (N-methyl/N-ethyl adjacent to an activating group) is 2. The summed E-state index contributed by atoms with van der Waals surface area (Å²) in [4.78, 5) is 0. The number of hydrogen-bond donors (Lipinski definition) is 2. The molecule has 2 aliphatic heterocycles. The molecule has 2 fully saturated rings. The zero-order valence-corrected chi connectivity index (χ0v) is 26.7. The number of rotatable bonds is 12. The van der Waals surface area contributed by atoms with Crippen molar-refractivity contribution in [1.82, 2.24) is 8.25 Å². The second-order valence-electron chi connectivity index (χ2n) is 9.66. The van der Waals surface area contributed by atoms with Gasteiger partial charge in [-0.3, -0.25) is 0 Å². The minimum atomic E-state index is -5.49. The summed E-state index contributed by atoms with van der Waals surface area (Å²) in [7, 11) is -13.6. The molecule has 0 aromatic heterocycles. The summed E-state index contributed by atoms with van der Waals surface area (Å²) in [5.41, 5.74) is 0. The maximum Gasteiger partial charge on any atom is 0.387 e. The summed E-state index contributed by atoms with van der Waals surface area (Å²) in [6.45, 7) is 16.2. The van der Waals surface area contributed by atoms with Gasteiger partial charge in [0.25, 0.3) is 0 Å². The molecule has 0 amide bonds. The Hall–Kier alpha value is -1.42. The smallest absolute Gasteiger partial charge is 0.387 e. The van der Waals surface area contributed by atoms with Gasteiger partial charge in [0.05, 0.1) is 65.3 Å². The highest BCUT2D eigenvalue weighted by atomic mass is 32.3. The number of hydrogen-bond acceptors (Lipinski definition) is 10. The predicted molar refractivity (Wildman–Crippen MR) is 175 cm³/mol. The highest BCUT2D eigenvalue weighted by Crippen LogP contribution is 2.16. The van der Waals surface area contributed by atoms with Crippen molar-refractivity contribution in [1.29, 1.82) is 0 Å². The third kappa shape index (κ3) is 38.6. The lowest BCUT2D eigenvalue weighted by Crippen LogP contribution is -2.43. The molecule has 2 rings (SSSR count). The molecule has 0 bridgehead atoms. The van der Waals surface area contributed by atoms with Gasteiger partial charge in [-0.15, -0.1) is 4.13 Å². The molecule has 2 aliphatic rings. The number of quaternary nitrogens is 2. The molecule has 0 aromatic carbocycles. The first-order chi connectivity index (χ1) is 17.9. The Morgan fingerprint density at radius 1 is 0.614 bits per heavy atom. The van der Waals surface area contributed by atoms with Gasteiger partial charge in [0, 0.05) is 25.7 Å². The lowest BCUT2D eigenvalue weighted by Gasteiger charge is -2.28. The molecule has 0 saturated carbocycles. The summed E-state index contributed by atoms with van der Waals surface area (Å²) in [6, 6.07) is 0. The van der Waals surface area contributed by atoms with Crippen LogP contribution in [-0.4, -0.2) is 122 Å². The average molecular weight is 731 g/mol. The van der Waals surface area contributed by atoms with E-state index < -0.39 is 40.9 Å². The number of sulfonamides is 2. The summed E-state index contributed by atoms with van der Waals surface area (Å²) in [5.74, 6) is 0. The molecule has 0 atom stereocenters. The van der Waals surface area contributed by atoms with E-state index in [9.17, 15) is 41.4 Å². The Labute approximate surface area is 268 Å². The van der Waals surface area contributed by atoms with E-state index in [0.29, 0.717) is 0 Å². The van der Waals surface area contributed by atoms with Crippen LogP contribution < -0.4 is 8.25 Å². The normalized spacial score (nSPS) is 16.3. The van der Waals surface area contributed by atoms with Crippen molar-refractivity contribution in [2.24, 2.45) is 0 Å². The van der Waals surface area contributed by atoms with Gasteiger partial charge in [-0.25, -0.2) is 16.8 Å². The minimum absolute atomic E-state index is 0. The highest BCUT2D eigenvalue weighted by molar-refractivity contribution is 8.04.